The summed E-state index contributed by atoms with van der Waals surface area (Å²) in [5.74, 6) is 1.02. The number of nitrogens with zero attached hydrogens (tertiary/aromatic N) is 2. The Kier molecular flexibility index (Phi) is 6.31. The summed E-state index contributed by atoms with van der Waals surface area (Å²) in [7, 11) is 0. The number of carbonyl (C=O) groups excluding carboxylic acids is 2. The lowest BCUT2D eigenvalue weighted by molar-refractivity contribution is -0.129. The van der Waals surface area contributed by atoms with Crippen LogP contribution in [0.25, 0.3) is 0 Å². The summed E-state index contributed by atoms with van der Waals surface area (Å²) in [4.78, 5) is 27.9. The van der Waals surface area contributed by atoms with E-state index in [0.717, 1.165) is 26.1 Å². The Bertz CT molecular complexity index is 529. The molecule has 0 saturated heterocycles. The normalized spacial score (nSPS) is 13.6. The third-order valence-corrected chi connectivity index (χ3v) is 4.95. The first kappa shape index (κ1) is 16.9. The van der Waals surface area contributed by atoms with Gasteiger partial charge in [-0.05, 0) is 31.4 Å². The van der Waals surface area contributed by atoms with Crippen LogP contribution in [0.2, 0.25) is 0 Å². The van der Waals surface area contributed by atoms with Gasteiger partial charge in [0.05, 0.1) is 11.5 Å². The molecule has 0 atom stereocenters. The molecular weight excluding hydrogens is 296 g/mol. The van der Waals surface area contributed by atoms with Gasteiger partial charge in [-0.15, -0.1) is 11.8 Å². The van der Waals surface area contributed by atoms with Crippen molar-refractivity contribution in [1.29, 1.82) is 0 Å². The summed E-state index contributed by atoms with van der Waals surface area (Å²) in [5.41, 5.74) is 2.59. The Morgan fingerprint density at radius 1 is 1.14 bits per heavy atom. The zero-order valence-electron chi connectivity index (χ0n) is 13.4. The topological polar surface area (TPSA) is 40.6 Å². The average molecular weight is 320 g/mol. The zero-order chi connectivity index (χ0) is 15.9. The summed E-state index contributed by atoms with van der Waals surface area (Å²) in [6, 6.07) is 8.29. The van der Waals surface area contributed by atoms with Crippen LogP contribution >= 0.6 is 11.8 Å². The van der Waals surface area contributed by atoms with E-state index >= 15 is 0 Å². The maximum Gasteiger partial charge on any atom is 0.232 e. The lowest BCUT2D eigenvalue weighted by atomic mass is 10.00. The third kappa shape index (κ3) is 4.26. The van der Waals surface area contributed by atoms with Crippen molar-refractivity contribution in [3.63, 3.8) is 0 Å². The van der Waals surface area contributed by atoms with Crippen LogP contribution < -0.4 is 0 Å². The first-order chi connectivity index (χ1) is 10.7. The molecule has 4 nitrogen and oxygen atoms in total. The minimum absolute atomic E-state index is 0.117. The van der Waals surface area contributed by atoms with Crippen LogP contribution in [0.3, 0.4) is 0 Å². The number of rotatable bonds is 6. The van der Waals surface area contributed by atoms with Crippen molar-refractivity contribution in [3.8, 4) is 0 Å². The Morgan fingerprint density at radius 3 is 2.50 bits per heavy atom. The molecule has 0 aliphatic carbocycles. The average Bonchev–Trinajstić information content (AvgIpc) is 2.55. The Hall–Kier alpha value is -1.49. The van der Waals surface area contributed by atoms with Crippen LogP contribution in [0.4, 0.5) is 0 Å². The molecule has 2 rings (SSSR count). The fraction of sp³-hybridized carbons (Fsp3) is 0.529. The molecule has 0 N–H and O–H groups in total. The molecule has 1 aromatic carbocycles. The second-order valence-corrected chi connectivity index (χ2v) is 6.38. The van der Waals surface area contributed by atoms with Crippen molar-refractivity contribution < 1.29 is 9.59 Å². The number of fused-ring (bicyclic) bond motifs is 1. The van der Waals surface area contributed by atoms with Crippen molar-refractivity contribution in [2.45, 2.75) is 26.8 Å². The summed E-state index contributed by atoms with van der Waals surface area (Å²) in [6.07, 6.45) is 0.922. The monoisotopic (exact) mass is 320 g/mol. The second kappa shape index (κ2) is 8.22. The van der Waals surface area contributed by atoms with Gasteiger partial charge >= 0.3 is 0 Å². The molecule has 1 aliphatic rings. The fourth-order valence-electron chi connectivity index (χ4n) is 2.69. The van der Waals surface area contributed by atoms with E-state index in [9.17, 15) is 9.59 Å². The van der Waals surface area contributed by atoms with E-state index in [1.54, 1.807) is 4.90 Å². The van der Waals surface area contributed by atoms with Gasteiger partial charge in [0.25, 0.3) is 0 Å². The molecule has 22 heavy (non-hydrogen) atoms. The van der Waals surface area contributed by atoms with Gasteiger partial charge < -0.3 is 9.80 Å². The van der Waals surface area contributed by atoms with Crippen molar-refractivity contribution >= 4 is 23.6 Å². The first-order valence-corrected chi connectivity index (χ1v) is 9.01. The molecule has 1 aromatic rings. The maximum atomic E-state index is 12.3. The molecule has 0 unspecified atom stereocenters. The quantitative estimate of drug-likeness (QED) is 0.806. The minimum Gasteiger partial charge on any atom is -0.343 e. The molecule has 120 valence electrons. The molecule has 5 heteroatoms. The lowest BCUT2D eigenvalue weighted by Gasteiger charge is -2.29. The van der Waals surface area contributed by atoms with E-state index < -0.39 is 0 Å². The summed E-state index contributed by atoms with van der Waals surface area (Å²) in [6.45, 7) is 6.88. The van der Waals surface area contributed by atoms with Gasteiger partial charge in [0.15, 0.2) is 0 Å². The highest BCUT2D eigenvalue weighted by Crippen LogP contribution is 2.19. The number of benzene rings is 1. The number of amides is 2. The molecule has 0 aromatic heterocycles. The van der Waals surface area contributed by atoms with E-state index in [2.05, 4.69) is 12.1 Å². The minimum atomic E-state index is 0.117. The number of thioether (sulfide) groups is 1. The fourth-order valence-corrected chi connectivity index (χ4v) is 3.51. The van der Waals surface area contributed by atoms with E-state index in [0.29, 0.717) is 18.1 Å². The highest BCUT2D eigenvalue weighted by Gasteiger charge is 2.20. The number of carbonyl (C=O) groups is 2. The first-order valence-electron chi connectivity index (χ1n) is 7.85. The molecule has 1 aliphatic heterocycles. The SMILES string of the molecule is CCN(CC)C(=O)CSCC(=O)N1CCc2ccccc2C1. The molecule has 0 fully saturated rings. The van der Waals surface area contributed by atoms with E-state index in [4.69, 9.17) is 0 Å². The smallest absolute Gasteiger partial charge is 0.232 e. The van der Waals surface area contributed by atoms with Crippen molar-refractivity contribution in [3.05, 3.63) is 35.4 Å². The van der Waals surface area contributed by atoms with Crippen molar-refractivity contribution in [2.24, 2.45) is 0 Å². The zero-order valence-corrected chi connectivity index (χ0v) is 14.2. The van der Waals surface area contributed by atoms with Gasteiger partial charge in [-0.1, -0.05) is 24.3 Å². The predicted molar refractivity (Wildman–Crippen MR) is 90.8 cm³/mol. The number of hydrogen-bond donors (Lipinski definition) is 0. The summed E-state index contributed by atoms with van der Waals surface area (Å²) in [5, 5.41) is 0. The lowest BCUT2D eigenvalue weighted by Crippen LogP contribution is -2.37. The van der Waals surface area contributed by atoms with E-state index in [-0.39, 0.29) is 11.8 Å². The Morgan fingerprint density at radius 2 is 1.82 bits per heavy atom. The van der Waals surface area contributed by atoms with Gasteiger partial charge in [-0.25, -0.2) is 0 Å². The van der Waals surface area contributed by atoms with Gasteiger partial charge in [0.1, 0.15) is 0 Å². The number of hydrogen-bond acceptors (Lipinski definition) is 3. The van der Waals surface area contributed by atoms with Gasteiger partial charge in [0.2, 0.25) is 11.8 Å². The molecule has 0 bridgehead atoms. The van der Waals surface area contributed by atoms with Crippen LogP contribution in [0, 0.1) is 0 Å². The van der Waals surface area contributed by atoms with Crippen LogP contribution in [0.15, 0.2) is 24.3 Å². The highest BCUT2D eigenvalue weighted by atomic mass is 32.2. The maximum absolute atomic E-state index is 12.3. The highest BCUT2D eigenvalue weighted by molar-refractivity contribution is 8.00. The Labute approximate surface area is 136 Å². The van der Waals surface area contributed by atoms with Crippen LogP contribution in [0.5, 0.6) is 0 Å². The molecule has 0 radical (unpaired) electrons. The van der Waals surface area contributed by atoms with Crippen LogP contribution in [-0.4, -0.2) is 52.8 Å². The molecule has 1 heterocycles. The largest absolute Gasteiger partial charge is 0.343 e. The van der Waals surface area contributed by atoms with Gasteiger partial charge in [0, 0.05) is 26.2 Å². The molecule has 2 amide bonds. The Balaban J connectivity index is 1.78. The van der Waals surface area contributed by atoms with Gasteiger partial charge in [-0.2, -0.15) is 0 Å². The predicted octanol–water partition coefficient (Wildman–Crippen LogP) is 2.17. The van der Waals surface area contributed by atoms with Gasteiger partial charge in [-0.3, -0.25) is 9.59 Å². The third-order valence-electron chi connectivity index (χ3n) is 4.05. The van der Waals surface area contributed by atoms with Crippen molar-refractivity contribution in [2.75, 3.05) is 31.1 Å². The molecule has 0 spiro atoms. The molecule has 0 saturated carbocycles. The molecular formula is C17H24N2O2S. The van der Waals surface area contributed by atoms with Crippen LogP contribution in [-0.2, 0) is 22.6 Å². The standard InChI is InChI=1S/C17H24N2O2S/c1-3-18(4-2)16(20)12-22-13-17(21)19-10-9-14-7-5-6-8-15(14)11-19/h5-8H,3-4,9-13H2,1-2H3. The summed E-state index contributed by atoms with van der Waals surface area (Å²) < 4.78 is 0. The van der Waals surface area contributed by atoms with E-state index in [1.807, 2.05) is 30.9 Å². The van der Waals surface area contributed by atoms with Crippen molar-refractivity contribution in [1.82, 2.24) is 9.80 Å². The van der Waals surface area contributed by atoms with Crippen LogP contribution in [0.1, 0.15) is 25.0 Å². The van der Waals surface area contributed by atoms with E-state index in [1.165, 1.54) is 22.9 Å². The second-order valence-electron chi connectivity index (χ2n) is 5.39. The summed E-state index contributed by atoms with van der Waals surface area (Å²) >= 11 is 1.42.